The molecule has 5 heteroatoms. The Labute approximate surface area is 130 Å². The Hall–Kier alpha value is -2.40. The summed E-state index contributed by atoms with van der Waals surface area (Å²) >= 11 is 0. The van der Waals surface area contributed by atoms with Crippen LogP contribution in [0, 0.1) is 0 Å². The lowest BCUT2D eigenvalue weighted by atomic mass is 10.2. The molecule has 0 bridgehead atoms. The normalized spacial score (nSPS) is 12.0. The van der Waals surface area contributed by atoms with Crippen LogP contribution in [0.2, 0.25) is 0 Å². The first-order valence-corrected chi connectivity index (χ1v) is 8.10. The minimum Gasteiger partial charge on any atom is -0.497 e. The fourth-order valence-electron chi connectivity index (χ4n) is 1.95. The monoisotopic (exact) mass is 316 g/mol. The molecular formula is C17H16O4S. The van der Waals surface area contributed by atoms with Gasteiger partial charge in [0.1, 0.15) is 10.7 Å². The van der Waals surface area contributed by atoms with Crippen LogP contribution < -0.4 is 4.74 Å². The van der Waals surface area contributed by atoms with Crippen molar-refractivity contribution in [1.82, 2.24) is 0 Å². The lowest BCUT2D eigenvalue weighted by Crippen LogP contribution is -2.11. The molecule has 22 heavy (non-hydrogen) atoms. The average molecular weight is 316 g/mol. The van der Waals surface area contributed by atoms with E-state index in [9.17, 15) is 13.2 Å². The summed E-state index contributed by atoms with van der Waals surface area (Å²) in [6, 6.07) is 14.7. The first-order valence-electron chi connectivity index (χ1n) is 6.62. The van der Waals surface area contributed by atoms with Gasteiger partial charge in [0.25, 0.3) is 0 Å². The van der Waals surface area contributed by atoms with Gasteiger partial charge in [0.05, 0.1) is 12.0 Å². The maximum Gasteiger partial charge on any atom is 0.210 e. The van der Waals surface area contributed by atoms with Crippen molar-refractivity contribution in [2.24, 2.45) is 0 Å². The van der Waals surface area contributed by atoms with E-state index < -0.39 is 15.6 Å². The van der Waals surface area contributed by atoms with Crippen molar-refractivity contribution in [2.75, 3.05) is 7.11 Å². The molecule has 2 aromatic rings. The number of sulfone groups is 1. The molecule has 0 saturated carbocycles. The number of carbonyl (C=O) groups excluding carboxylic acids is 1. The van der Waals surface area contributed by atoms with Crippen LogP contribution in [0.25, 0.3) is 6.08 Å². The largest absolute Gasteiger partial charge is 0.497 e. The van der Waals surface area contributed by atoms with Gasteiger partial charge in [-0.25, -0.2) is 8.42 Å². The predicted molar refractivity (Wildman–Crippen MR) is 85.3 cm³/mol. The molecule has 0 heterocycles. The van der Waals surface area contributed by atoms with Crippen LogP contribution in [0.4, 0.5) is 0 Å². The smallest absolute Gasteiger partial charge is 0.210 e. The summed E-state index contributed by atoms with van der Waals surface area (Å²) in [6.45, 7) is 1.25. The standard InChI is InChI=1S/C17H16O4S/c1-13(18)17(12-14-8-10-15(21-2)11-9-14)22(19,20)16-6-4-3-5-7-16/h3-12H,1-2H3. The molecule has 0 aliphatic heterocycles. The number of hydrogen-bond donors (Lipinski definition) is 0. The summed E-state index contributed by atoms with van der Waals surface area (Å²) in [5.74, 6) is 0.159. The molecule has 0 radical (unpaired) electrons. The molecule has 0 spiro atoms. The molecule has 0 amide bonds. The third-order valence-corrected chi connectivity index (χ3v) is 4.98. The zero-order valence-corrected chi connectivity index (χ0v) is 13.1. The topological polar surface area (TPSA) is 60.4 Å². The first-order chi connectivity index (χ1) is 10.4. The highest BCUT2D eigenvalue weighted by Crippen LogP contribution is 2.23. The van der Waals surface area contributed by atoms with Crippen LogP contribution in [0.5, 0.6) is 5.75 Å². The van der Waals surface area contributed by atoms with Crippen molar-refractivity contribution in [3.05, 3.63) is 65.1 Å². The second-order valence-corrected chi connectivity index (χ2v) is 6.57. The van der Waals surface area contributed by atoms with Gasteiger partial charge >= 0.3 is 0 Å². The number of methoxy groups -OCH3 is 1. The zero-order valence-electron chi connectivity index (χ0n) is 12.3. The van der Waals surface area contributed by atoms with Crippen LogP contribution in [0.15, 0.2) is 64.4 Å². The molecule has 0 unspecified atom stereocenters. The van der Waals surface area contributed by atoms with Crippen LogP contribution >= 0.6 is 0 Å². The predicted octanol–water partition coefficient (Wildman–Crippen LogP) is 3.10. The lowest BCUT2D eigenvalue weighted by Gasteiger charge is -2.07. The Kier molecular flexibility index (Phi) is 4.78. The Morgan fingerprint density at radius 1 is 1.00 bits per heavy atom. The number of rotatable bonds is 5. The summed E-state index contributed by atoms with van der Waals surface area (Å²) < 4.78 is 30.2. The quantitative estimate of drug-likeness (QED) is 0.795. The van der Waals surface area contributed by atoms with Crippen LogP contribution in [-0.2, 0) is 14.6 Å². The number of carbonyl (C=O) groups is 1. The van der Waals surface area contributed by atoms with Gasteiger partial charge in [-0.2, -0.15) is 0 Å². The van der Waals surface area contributed by atoms with E-state index in [1.807, 2.05) is 0 Å². The first kappa shape index (κ1) is 16.0. The average Bonchev–Trinajstić information content (AvgIpc) is 2.53. The van der Waals surface area contributed by atoms with Crippen molar-refractivity contribution in [2.45, 2.75) is 11.8 Å². The molecule has 2 aromatic carbocycles. The summed E-state index contributed by atoms with van der Waals surface area (Å²) in [7, 11) is -2.29. The minimum absolute atomic E-state index is 0.102. The maximum absolute atomic E-state index is 12.6. The van der Waals surface area contributed by atoms with Crippen molar-refractivity contribution >= 4 is 21.7 Å². The Bertz CT molecular complexity index is 788. The summed E-state index contributed by atoms with van der Waals surface area (Å²) in [5.41, 5.74) is 0.616. The molecule has 0 atom stereocenters. The summed E-state index contributed by atoms with van der Waals surface area (Å²) in [5, 5.41) is 0. The molecule has 4 nitrogen and oxygen atoms in total. The van der Waals surface area contributed by atoms with E-state index in [1.165, 1.54) is 25.1 Å². The minimum atomic E-state index is -3.83. The van der Waals surface area contributed by atoms with Gasteiger partial charge < -0.3 is 4.74 Å². The number of benzene rings is 2. The molecule has 0 N–H and O–H groups in total. The summed E-state index contributed by atoms with van der Waals surface area (Å²) in [4.78, 5) is 11.7. The fourth-order valence-corrected chi connectivity index (χ4v) is 3.39. The van der Waals surface area contributed by atoms with Gasteiger partial charge in [0.15, 0.2) is 5.78 Å². The highest BCUT2D eigenvalue weighted by molar-refractivity contribution is 7.96. The number of Topliss-reactive ketones (excluding diaryl/α,β-unsaturated/α-hetero) is 1. The van der Waals surface area contributed by atoms with Crippen LogP contribution in [0.1, 0.15) is 12.5 Å². The van der Waals surface area contributed by atoms with Gasteiger partial charge in [0, 0.05) is 0 Å². The second-order valence-electron chi connectivity index (χ2n) is 4.65. The lowest BCUT2D eigenvalue weighted by molar-refractivity contribution is -0.112. The molecule has 0 fully saturated rings. The molecule has 0 saturated heterocycles. The van der Waals surface area contributed by atoms with Crippen molar-refractivity contribution in [1.29, 1.82) is 0 Å². The van der Waals surface area contributed by atoms with Gasteiger partial charge in [-0.15, -0.1) is 0 Å². The number of ether oxygens (including phenoxy) is 1. The number of allylic oxidation sites excluding steroid dienone is 1. The van der Waals surface area contributed by atoms with Crippen molar-refractivity contribution in [3.63, 3.8) is 0 Å². The molecule has 0 aliphatic rings. The fraction of sp³-hybridized carbons (Fsp3) is 0.118. The Morgan fingerprint density at radius 3 is 2.09 bits per heavy atom. The maximum atomic E-state index is 12.6. The van der Waals surface area contributed by atoms with Gasteiger partial charge in [-0.05, 0) is 42.8 Å². The summed E-state index contributed by atoms with van der Waals surface area (Å²) in [6.07, 6.45) is 1.38. The third-order valence-electron chi connectivity index (χ3n) is 3.10. The van der Waals surface area contributed by atoms with Gasteiger partial charge in [-0.1, -0.05) is 30.3 Å². The van der Waals surface area contributed by atoms with E-state index >= 15 is 0 Å². The van der Waals surface area contributed by atoms with Crippen LogP contribution in [0.3, 0.4) is 0 Å². The van der Waals surface area contributed by atoms with E-state index in [0.717, 1.165) is 0 Å². The Morgan fingerprint density at radius 2 is 1.59 bits per heavy atom. The van der Waals surface area contributed by atoms with E-state index in [1.54, 1.807) is 49.6 Å². The molecular weight excluding hydrogens is 300 g/mol. The number of ketones is 1. The highest BCUT2D eigenvalue weighted by Gasteiger charge is 2.24. The third kappa shape index (κ3) is 3.43. The SMILES string of the molecule is COc1ccc(C=C(C(C)=O)S(=O)(=O)c2ccccc2)cc1. The van der Waals surface area contributed by atoms with E-state index in [0.29, 0.717) is 11.3 Å². The molecule has 0 aromatic heterocycles. The number of hydrogen-bond acceptors (Lipinski definition) is 4. The van der Waals surface area contributed by atoms with E-state index in [4.69, 9.17) is 4.74 Å². The second kappa shape index (κ2) is 6.58. The van der Waals surface area contributed by atoms with Crippen LogP contribution in [-0.4, -0.2) is 21.3 Å². The van der Waals surface area contributed by atoms with Gasteiger partial charge in [-0.3, -0.25) is 4.79 Å². The van der Waals surface area contributed by atoms with Gasteiger partial charge in [0.2, 0.25) is 9.84 Å². The highest BCUT2D eigenvalue weighted by atomic mass is 32.2. The molecule has 0 aliphatic carbocycles. The van der Waals surface area contributed by atoms with Crippen molar-refractivity contribution < 1.29 is 17.9 Å². The zero-order chi connectivity index (χ0) is 16.2. The molecule has 2 rings (SSSR count). The van der Waals surface area contributed by atoms with E-state index in [-0.39, 0.29) is 9.80 Å². The van der Waals surface area contributed by atoms with E-state index in [2.05, 4.69) is 0 Å². The Balaban J connectivity index is 2.50. The molecule has 114 valence electrons. The van der Waals surface area contributed by atoms with Crippen molar-refractivity contribution in [3.8, 4) is 5.75 Å².